The molecule has 2 aromatic heterocycles. The van der Waals surface area contributed by atoms with Crippen molar-refractivity contribution in [3.63, 3.8) is 0 Å². The minimum Gasteiger partial charge on any atom is -0.204 e. The quantitative estimate of drug-likeness (QED) is 0.655. The predicted molar refractivity (Wildman–Crippen MR) is 49.9 cm³/mol. The fraction of sp³-hybridized carbons (Fsp3) is 0.375. The largest absolute Gasteiger partial charge is 0.253 e. The van der Waals surface area contributed by atoms with Crippen LogP contribution in [0.2, 0.25) is 5.15 Å². The molecule has 0 aliphatic heterocycles. The second kappa shape index (κ2) is 2.96. The van der Waals surface area contributed by atoms with E-state index in [1.165, 1.54) is 0 Å². The summed E-state index contributed by atoms with van der Waals surface area (Å²) in [6.07, 6.45) is 1.75. The standard InChI is InChI=1S/C8H9ClN4/c1-5(2)7-11-8-10-6(9)3-4-13(8)12-7/h3-5H,1-2H3. The second-order valence-corrected chi connectivity index (χ2v) is 3.51. The number of fused-ring (bicyclic) bond motifs is 1. The Morgan fingerprint density at radius 1 is 1.38 bits per heavy atom. The maximum atomic E-state index is 5.72. The van der Waals surface area contributed by atoms with Crippen LogP contribution in [0.5, 0.6) is 0 Å². The number of aromatic nitrogens is 4. The molecule has 0 fully saturated rings. The van der Waals surface area contributed by atoms with Crippen molar-refractivity contribution < 1.29 is 0 Å². The third-order valence-electron chi connectivity index (χ3n) is 1.71. The van der Waals surface area contributed by atoms with E-state index < -0.39 is 0 Å². The SMILES string of the molecule is CC(C)c1nc2nc(Cl)ccn2n1. The Morgan fingerprint density at radius 3 is 2.85 bits per heavy atom. The summed E-state index contributed by atoms with van der Waals surface area (Å²) in [5.41, 5.74) is 0. The van der Waals surface area contributed by atoms with Crippen LogP contribution in [0, 0.1) is 0 Å². The summed E-state index contributed by atoms with van der Waals surface area (Å²) in [6, 6.07) is 1.69. The highest BCUT2D eigenvalue weighted by atomic mass is 35.5. The van der Waals surface area contributed by atoms with Crippen LogP contribution >= 0.6 is 11.6 Å². The lowest BCUT2D eigenvalue weighted by Gasteiger charge is -1.92. The molecule has 0 N–H and O–H groups in total. The first-order chi connectivity index (χ1) is 6.16. The first-order valence-electron chi connectivity index (χ1n) is 4.05. The van der Waals surface area contributed by atoms with Crippen LogP contribution in [-0.2, 0) is 0 Å². The van der Waals surface area contributed by atoms with Crippen molar-refractivity contribution in [3.8, 4) is 0 Å². The summed E-state index contributed by atoms with van der Waals surface area (Å²) in [4.78, 5) is 8.26. The van der Waals surface area contributed by atoms with Gasteiger partial charge in [-0.3, -0.25) is 0 Å². The second-order valence-electron chi connectivity index (χ2n) is 3.12. The molecule has 0 radical (unpaired) electrons. The first kappa shape index (κ1) is 8.44. The third-order valence-corrected chi connectivity index (χ3v) is 1.92. The van der Waals surface area contributed by atoms with Gasteiger partial charge in [-0.25, -0.2) is 4.52 Å². The maximum Gasteiger partial charge on any atom is 0.253 e. The van der Waals surface area contributed by atoms with Gasteiger partial charge in [0.1, 0.15) is 5.15 Å². The van der Waals surface area contributed by atoms with E-state index in [9.17, 15) is 0 Å². The fourth-order valence-corrected chi connectivity index (χ4v) is 1.15. The van der Waals surface area contributed by atoms with Gasteiger partial charge in [-0.15, -0.1) is 5.10 Å². The van der Waals surface area contributed by atoms with Gasteiger partial charge in [0, 0.05) is 12.1 Å². The summed E-state index contributed by atoms with van der Waals surface area (Å²) in [7, 11) is 0. The molecular formula is C8H9ClN4. The van der Waals surface area contributed by atoms with Crippen molar-refractivity contribution in [1.82, 2.24) is 19.6 Å². The van der Waals surface area contributed by atoms with Crippen LogP contribution < -0.4 is 0 Å². The highest BCUT2D eigenvalue weighted by Gasteiger charge is 2.07. The zero-order valence-electron chi connectivity index (χ0n) is 7.40. The van der Waals surface area contributed by atoms with E-state index in [-0.39, 0.29) is 0 Å². The van der Waals surface area contributed by atoms with Crippen LogP contribution in [0.4, 0.5) is 0 Å². The number of hydrogen-bond acceptors (Lipinski definition) is 3. The molecule has 0 amide bonds. The normalized spacial score (nSPS) is 11.4. The van der Waals surface area contributed by atoms with Gasteiger partial charge < -0.3 is 0 Å². The smallest absolute Gasteiger partial charge is 0.204 e. The van der Waals surface area contributed by atoms with Gasteiger partial charge in [-0.1, -0.05) is 25.4 Å². The summed E-state index contributed by atoms with van der Waals surface area (Å²) < 4.78 is 1.63. The molecule has 0 saturated heterocycles. The van der Waals surface area contributed by atoms with Crippen LogP contribution in [0.25, 0.3) is 5.78 Å². The van der Waals surface area contributed by atoms with Gasteiger partial charge in [-0.05, 0) is 6.07 Å². The molecule has 4 nitrogen and oxygen atoms in total. The lowest BCUT2D eigenvalue weighted by molar-refractivity contribution is 0.765. The van der Waals surface area contributed by atoms with Gasteiger partial charge in [0.05, 0.1) is 0 Å². The van der Waals surface area contributed by atoms with E-state index >= 15 is 0 Å². The summed E-state index contributed by atoms with van der Waals surface area (Å²) >= 11 is 5.72. The molecule has 2 heterocycles. The van der Waals surface area contributed by atoms with Gasteiger partial charge >= 0.3 is 0 Å². The number of nitrogens with zero attached hydrogens (tertiary/aromatic N) is 4. The molecule has 13 heavy (non-hydrogen) atoms. The highest BCUT2D eigenvalue weighted by Crippen LogP contribution is 2.11. The molecule has 0 saturated carbocycles. The van der Waals surface area contributed by atoms with E-state index in [0.29, 0.717) is 16.8 Å². The summed E-state index contributed by atoms with van der Waals surface area (Å²) in [5, 5.41) is 4.68. The van der Waals surface area contributed by atoms with Crippen LogP contribution in [0.1, 0.15) is 25.6 Å². The zero-order chi connectivity index (χ0) is 9.42. The van der Waals surface area contributed by atoms with Crippen molar-refractivity contribution >= 4 is 17.4 Å². The van der Waals surface area contributed by atoms with Crippen molar-refractivity contribution in [2.75, 3.05) is 0 Å². The molecule has 0 spiro atoms. The first-order valence-corrected chi connectivity index (χ1v) is 4.43. The summed E-state index contributed by atoms with van der Waals surface area (Å²) in [6.45, 7) is 4.08. The van der Waals surface area contributed by atoms with Crippen molar-refractivity contribution in [2.24, 2.45) is 0 Å². The van der Waals surface area contributed by atoms with Crippen molar-refractivity contribution in [2.45, 2.75) is 19.8 Å². The third kappa shape index (κ3) is 1.49. The number of halogens is 1. The molecule has 0 unspecified atom stereocenters. The molecular weight excluding hydrogens is 188 g/mol. The van der Waals surface area contributed by atoms with E-state index in [0.717, 1.165) is 5.82 Å². The fourth-order valence-electron chi connectivity index (χ4n) is 1.02. The van der Waals surface area contributed by atoms with Gasteiger partial charge in [0.25, 0.3) is 5.78 Å². The van der Waals surface area contributed by atoms with Crippen LogP contribution in [-0.4, -0.2) is 19.6 Å². The average Bonchev–Trinajstić information content (AvgIpc) is 2.46. The number of hydrogen-bond donors (Lipinski definition) is 0. The highest BCUT2D eigenvalue weighted by molar-refractivity contribution is 6.29. The van der Waals surface area contributed by atoms with Gasteiger partial charge in [0.15, 0.2) is 5.82 Å². The monoisotopic (exact) mass is 196 g/mol. The van der Waals surface area contributed by atoms with Gasteiger partial charge in [0.2, 0.25) is 0 Å². The topological polar surface area (TPSA) is 43.1 Å². The minimum atomic E-state index is 0.306. The average molecular weight is 197 g/mol. The Kier molecular flexibility index (Phi) is 1.92. The molecule has 0 bridgehead atoms. The molecule has 0 aliphatic rings. The van der Waals surface area contributed by atoms with Crippen LogP contribution in [0.3, 0.4) is 0 Å². The Labute approximate surface area is 80.6 Å². The lowest BCUT2D eigenvalue weighted by atomic mass is 10.2. The molecule has 0 aliphatic carbocycles. The van der Waals surface area contributed by atoms with Crippen molar-refractivity contribution in [3.05, 3.63) is 23.2 Å². The maximum absolute atomic E-state index is 5.72. The van der Waals surface area contributed by atoms with E-state index in [1.807, 2.05) is 13.8 Å². The molecule has 2 rings (SSSR count). The van der Waals surface area contributed by atoms with E-state index in [1.54, 1.807) is 16.8 Å². The Hall–Kier alpha value is -1.16. The minimum absolute atomic E-state index is 0.306. The Bertz CT molecular complexity index is 435. The molecule has 2 aromatic rings. The zero-order valence-corrected chi connectivity index (χ0v) is 8.15. The van der Waals surface area contributed by atoms with E-state index in [4.69, 9.17) is 11.6 Å². The van der Waals surface area contributed by atoms with Gasteiger partial charge in [-0.2, -0.15) is 9.97 Å². The molecule has 0 atom stereocenters. The van der Waals surface area contributed by atoms with Crippen LogP contribution in [0.15, 0.2) is 12.3 Å². The number of rotatable bonds is 1. The summed E-state index contributed by atoms with van der Waals surface area (Å²) in [5.74, 6) is 1.64. The lowest BCUT2D eigenvalue weighted by Crippen LogP contribution is -1.91. The predicted octanol–water partition coefficient (Wildman–Crippen LogP) is 1.90. The van der Waals surface area contributed by atoms with Crippen molar-refractivity contribution in [1.29, 1.82) is 0 Å². The molecule has 5 heteroatoms. The molecule has 68 valence electrons. The Balaban J connectivity index is 2.62. The van der Waals surface area contributed by atoms with E-state index in [2.05, 4.69) is 15.1 Å². The molecule has 0 aromatic carbocycles. The Morgan fingerprint density at radius 2 is 2.15 bits per heavy atom.